The second-order valence-electron chi connectivity index (χ2n) is 7.41. The van der Waals surface area contributed by atoms with Gasteiger partial charge in [0.1, 0.15) is 5.82 Å². The molecule has 2 aromatic carbocycles. The molecule has 1 aliphatic rings. The summed E-state index contributed by atoms with van der Waals surface area (Å²) >= 11 is 0. The van der Waals surface area contributed by atoms with Crippen LogP contribution in [0.1, 0.15) is 35.0 Å². The fraction of sp³-hybridized carbons (Fsp3) is 0.318. The molecule has 2 heterocycles. The number of imidazole rings is 1. The van der Waals surface area contributed by atoms with Gasteiger partial charge < -0.3 is 4.57 Å². The van der Waals surface area contributed by atoms with Crippen LogP contribution in [0.15, 0.2) is 66.9 Å². The maximum Gasteiger partial charge on any atom is 0.218 e. The lowest BCUT2D eigenvalue weighted by atomic mass is 10.1. The predicted octanol–water partition coefficient (Wildman–Crippen LogP) is 3.56. The monoisotopic (exact) mass is 395 g/mol. The Morgan fingerprint density at radius 1 is 1.00 bits per heavy atom. The Bertz CT molecular complexity index is 1030. The van der Waals surface area contributed by atoms with Crippen molar-refractivity contribution >= 4 is 10.0 Å². The van der Waals surface area contributed by atoms with Crippen LogP contribution >= 0.6 is 0 Å². The second kappa shape index (κ2) is 7.89. The molecule has 1 atom stereocenters. The third-order valence-electron chi connectivity index (χ3n) is 5.37. The molecule has 0 saturated carbocycles. The van der Waals surface area contributed by atoms with Crippen LogP contribution in [0.4, 0.5) is 0 Å². The first-order valence-corrected chi connectivity index (χ1v) is 11.2. The minimum Gasteiger partial charge on any atom is -0.328 e. The number of sulfonamides is 1. The highest BCUT2D eigenvalue weighted by Crippen LogP contribution is 2.30. The molecular weight excluding hydrogens is 370 g/mol. The Hall–Kier alpha value is -2.44. The summed E-state index contributed by atoms with van der Waals surface area (Å²) in [6.45, 7) is 3.87. The van der Waals surface area contributed by atoms with Crippen LogP contribution in [0.2, 0.25) is 0 Å². The predicted molar refractivity (Wildman–Crippen MR) is 111 cm³/mol. The lowest BCUT2D eigenvalue weighted by Gasteiger charge is -2.18. The van der Waals surface area contributed by atoms with Crippen molar-refractivity contribution in [2.24, 2.45) is 0 Å². The van der Waals surface area contributed by atoms with E-state index in [0.29, 0.717) is 13.1 Å². The highest BCUT2D eigenvalue weighted by Gasteiger charge is 2.34. The number of aromatic nitrogens is 2. The number of hydrogen-bond donors (Lipinski definition) is 0. The van der Waals surface area contributed by atoms with Gasteiger partial charge in [0.05, 0.1) is 5.75 Å². The van der Waals surface area contributed by atoms with Crippen LogP contribution < -0.4 is 0 Å². The summed E-state index contributed by atoms with van der Waals surface area (Å²) in [4.78, 5) is 4.64. The van der Waals surface area contributed by atoms with Crippen molar-refractivity contribution in [2.75, 3.05) is 13.1 Å². The van der Waals surface area contributed by atoms with Crippen molar-refractivity contribution in [3.63, 3.8) is 0 Å². The summed E-state index contributed by atoms with van der Waals surface area (Å²) < 4.78 is 29.6. The Labute approximate surface area is 166 Å². The van der Waals surface area contributed by atoms with Crippen LogP contribution in [-0.2, 0) is 22.3 Å². The molecule has 0 spiro atoms. The third-order valence-corrected chi connectivity index (χ3v) is 7.19. The van der Waals surface area contributed by atoms with Crippen molar-refractivity contribution in [1.29, 1.82) is 0 Å². The van der Waals surface area contributed by atoms with E-state index in [9.17, 15) is 8.42 Å². The van der Waals surface area contributed by atoms with E-state index in [1.165, 1.54) is 5.56 Å². The van der Waals surface area contributed by atoms with Crippen molar-refractivity contribution in [3.8, 4) is 0 Å². The van der Waals surface area contributed by atoms with E-state index in [1.807, 2.05) is 54.7 Å². The molecule has 146 valence electrons. The van der Waals surface area contributed by atoms with Crippen LogP contribution in [0.3, 0.4) is 0 Å². The molecule has 0 N–H and O–H groups in total. The van der Waals surface area contributed by atoms with E-state index < -0.39 is 10.0 Å². The van der Waals surface area contributed by atoms with Crippen molar-refractivity contribution in [3.05, 3.63) is 89.5 Å². The SMILES string of the molecule is Cc1cnc(C2CCN(S(=O)(=O)Cc3ccccc3)C2)n1Cc1ccccc1. The summed E-state index contributed by atoms with van der Waals surface area (Å²) in [5, 5.41) is 0. The molecule has 1 aromatic heterocycles. The highest BCUT2D eigenvalue weighted by molar-refractivity contribution is 7.88. The zero-order valence-electron chi connectivity index (χ0n) is 16.0. The minimum absolute atomic E-state index is 0.0536. The Morgan fingerprint density at radius 2 is 1.64 bits per heavy atom. The van der Waals surface area contributed by atoms with E-state index in [1.54, 1.807) is 4.31 Å². The lowest BCUT2D eigenvalue weighted by molar-refractivity contribution is 0.468. The summed E-state index contributed by atoms with van der Waals surface area (Å²) in [5.41, 5.74) is 3.15. The molecule has 0 amide bonds. The van der Waals surface area contributed by atoms with E-state index in [0.717, 1.165) is 30.0 Å². The smallest absolute Gasteiger partial charge is 0.218 e. The summed E-state index contributed by atoms with van der Waals surface area (Å²) in [6.07, 6.45) is 2.69. The zero-order valence-corrected chi connectivity index (χ0v) is 16.8. The molecule has 0 aliphatic carbocycles. The molecule has 3 aromatic rings. The summed E-state index contributed by atoms with van der Waals surface area (Å²) in [7, 11) is -3.32. The fourth-order valence-electron chi connectivity index (χ4n) is 3.84. The van der Waals surface area contributed by atoms with Gasteiger partial charge in [-0.25, -0.2) is 17.7 Å². The van der Waals surface area contributed by atoms with Gasteiger partial charge in [0, 0.05) is 37.4 Å². The van der Waals surface area contributed by atoms with Crippen LogP contribution in [-0.4, -0.2) is 35.4 Å². The van der Waals surface area contributed by atoms with E-state index in [2.05, 4.69) is 28.6 Å². The van der Waals surface area contributed by atoms with Gasteiger partial charge in [-0.1, -0.05) is 60.7 Å². The number of benzene rings is 2. The first-order valence-electron chi connectivity index (χ1n) is 9.60. The van der Waals surface area contributed by atoms with E-state index in [-0.39, 0.29) is 11.7 Å². The van der Waals surface area contributed by atoms with Crippen molar-refractivity contribution in [2.45, 2.75) is 31.6 Å². The van der Waals surface area contributed by atoms with Gasteiger partial charge in [-0.15, -0.1) is 0 Å². The number of rotatable bonds is 6. The molecule has 4 rings (SSSR count). The quantitative estimate of drug-likeness (QED) is 0.641. The highest BCUT2D eigenvalue weighted by atomic mass is 32.2. The molecule has 5 nitrogen and oxygen atoms in total. The summed E-state index contributed by atoms with van der Waals surface area (Å²) in [6, 6.07) is 19.7. The maximum absolute atomic E-state index is 12.9. The zero-order chi connectivity index (χ0) is 19.6. The molecule has 1 unspecified atom stereocenters. The molecule has 0 bridgehead atoms. The van der Waals surface area contributed by atoms with Gasteiger partial charge in [0.25, 0.3) is 0 Å². The Balaban J connectivity index is 1.50. The number of aryl methyl sites for hydroxylation is 1. The molecule has 6 heteroatoms. The molecule has 28 heavy (non-hydrogen) atoms. The van der Waals surface area contributed by atoms with Crippen LogP contribution in [0.25, 0.3) is 0 Å². The van der Waals surface area contributed by atoms with E-state index in [4.69, 9.17) is 0 Å². The number of nitrogens with zero attached hydrogens (tertiary/aromatic N) is 3. The standard InChI is InChI=1S/C22H25N3O2S/c1-18-14-23-22(25(18)15-19-8-4-2-5-9-19)21-12-13-24(16-21)28(26,27)17-20-10-6-3-7-11-20/h2-11,14,21H,12-13,15-17H2,1H3. The van der Waals surface area contributed by atoms with Gasteiger partial charge >= 0.3 is 0 Å². The first-order chi connectivity index (χ1) is 13.5. The molecule has 0 radical (unpaired) electrons. The van der Waals surface area contributed by atoms with Gasteiger partial charge in [0.2, 0.25) is 10.0 Å². The molecule has 1 saturated heterocycles. The molecular formula is C22H25N3O2S. The largest absolute Gasteiger partial charge is 0.328 e. The lowest BCUT2D eigenvalue weighted by Crippen LogP contribution is -2.30. The maximum atomic E-state index is 12.9. The normalized spacial score (nSPS) is 17.8. The third kappa shape index (κ3) is 4.03. The number of hydrogen-bond acceptors (Lipinski definition) is 3. The fourth-order valence-corrected chi connectivity index (χ4v) is 5.43. The van der Waals surface area contributed by atoms with Gasteiger partial charge in [0.15, 0.2) is 0 Å². The topological polar surface area (TPSA) is 55.2 Å². The minimum atomic E-state index is -3.32. The van der Waals surface area contributed by atoms with Crippen LogP contribution in [0, 0.1) is 6.92 Å². The average molecular weight is 396 g/mol. The van der Waals surface area contributed by atoms with Gasteiger partial charge in [-0.05, 0) is 24.5 Å². The Kier molecular flexibility index (Phi) is 5.33. The van der Waals surface area contributed by atoms with Crippen molar-refractivity contribution in [1.82, 2.24) is 13.9 Å². The van der Waals surface area contributed by atoms with E-state index >= 15 is 0 Å². The Morgan fingerprint density at radius 3 is 2.32 bits per heavy atom. The average Bonchev–Trinajstić information content (AvgIpc) is 3.31. The van der Waals surface area contributed by atoms with Gasteiger partial charge in [-0.2, -0.15) is 0 Å². The first kappa shape index (κ1) is 18.9. The van der Waals surface area contributed by atoms with Crippen molar-refractivity contribution < 1.29 is 8.42 Å². The summed E-state index contributed by atoms with van der Waals surface area (Å²) in [5.74, 6) is 1.17. The molecule has 1 fully saturated rings. The van der Waals surface area contributed by atoms with Gasteiger partial charge in [-0.3, -0.25) is 0 Å². The van der Waals surface area contributed by atoms with Crippen LogP contribution in [0.5, 0.6) is 0 Å². The molecule has 1 aliphatic heterocycles. The second-order valence-corrected chi connectivity index (χ2v) is 9.38.